The van der Waals surface area contributed by atoms with Crippen molar-refractivity contribution in [1.82, 2.24) is 0 Å². The number of methoxy groups -OCH3 is 1. The van der Waals surface area contributed by atoms with E-state index >= 15 is 0 Å². The van der Waals surface area contributed by atoms with Crippen LogP contribution in [-0.2, 0) is 9.53 Å². The minimum Gasteiger partial charge on any atom is -0.468 e. The molecule has 0 unspecified atom stereocenters. The van der Waals surface area contributed by atoms with E-state index in [1.54, 1.807) is 19.1 Å². The number of aryl methyl sites for hydroxylation is 1. The molecule has 0 aliphatic heterocycles. The standard InChI is InChI=1S/C10H12FNO2/c1-7-5-8(3-4-9(7)11)12-6-10(13)14-2/h3-5,12H,6H2,1-2H3. The molecule has 0 fully saturated rings. The molecule has 0 saturated carbocycles. The smallest absolute Gasteiger partial charge is 0.325 e. The van der Waals surface area contributed by atoms with E-state index in [9.17, 15) is 9.18 Å². The van der Waals surface area contributed by atoms with Gasteiger partial charge in [0.15, 0.2) is 0 Å². The Labute approximate surface area is 81.9 Å². The molecular weight excluding hydrogens is 185 g/mol. The summed E-state index contributed by atoms with van der Waals surface area (Å²) >= 11 is 0. The number of benzene rings is 1. The maximum atomic E-state index is 12.8. The van der Waals surface area contributed by atoms with Crippen molar-refractivity contribution >= 4 is 11.7 Å². The summed E-state index contributed by atoms with van der Waals surface area (Å²) in [5.41, 5.74) is 1.24. The highest BCUT2D eigenvalue weighted by Crippen LogP contribution is 2.13. The number of hydrogen-bond acceptors (Lipinski definition) is 3. The Kier molecular flexibility index (Phi) is 3.45. The molecule has 1 aromatic rings. The molecule has 0 aliphatic rings. The van der Waals surface area contributed by atoms with Gasteiger partial charge < -0.3 is 10.1 Å². The van der Waals surface area contributed by atoms with E-state index in [1.807, 2.05) is 0 Å². The molecule has 0 atom stereocenters. The normalized spacial score (nSPS) is 9.64. The van der Waals surface area contributed by atoms with Gasteiger partial charge in [0.1, 0.15) is 12.4 Å². The van der Waals surface area contributed by atoms with E-state index in [-0.39, 0.29) is 18.3 Å². The van der Waals surface area contributed by atoms with Crippen LogP contribution in [0.1, 0.15) is 5.56 Å². The summed E-state index contributed by atoms with van der Waals surface area (Å²) in [5.74, 6) is -0.611. The zero-order valence-electron chi connectivity index (χ0n) is 8.13. The van der Waals surface area contributed by atoms with Gasteiger partial charge in [0.2, 0.25) is 0 Å². The van der Waals surface area contributed by atoms with Crippen LogP contribution in [0.3, 0.4) is 0 Å². The summed E-state index contributed by atoms with van der Waals surface area (Å²) in [4.78, 5) is 10.8. The molecular formula is C10H12FNO2. The molecule has 14 heavy (non-hydrogen) atoms. The predicted molar refractivity (Wildman–Crippen MR) is 51.6 cm³/mol. The lowest BCUT2D eigenvalue weighted by Crippen LogP contribution is -2.14. The highest BCUT2D eigenvalue weighted by Gasteiger charge is 2.01. The number of anilines is 1. The average molecular weight is 197 g/mol. The second kappa shape index (κ2) is 4.60. The first kappa shape index (κ1) is 10.5. The van der Waals surface area contributed by atoms with Crippen LogP contribution in [0.2, 0.25) is 0 Å². The Morgan fingerprint density at radius 1 is 1.57 bits per heavy atom. The molecule has 1 rings (SSSR count). The van der Waals surface area contributed by atoms with Crippen molar-refractivity contribution in [1.29, 1.82) is 0 Å². The van der Waals surface area contributed by atoms with Gasteiger partial charge in [0.25, 0.3) is 0 Å². The molecule has 1 N–H and O–H groups in total. The maximum absolute atomic E-state index is 12.8. The Morgan fingerprint density at radius 3 is 2.86 bits per heavy atom. The molecule has 0 radical (unpaired) electrons. The first-order chi connectivity index (χ1) is 6.63. The largest absolute Gasteiger partial charge is 0.468 e. The van der Waals surface area contributed by atoms with Crippen molar-refractivity contribution in [3.05, 3.63) is 29.6 Å². The van der Waals surface area contributed by atoms with Crippen LogP contribution in [0.25, 0.3) is 0 Å². The second-order valence-corrected chi connectivity index (χ2v) is 2.89. The molecule has 3 nitrogen and oxygen atoms in total. The van der Waals surface area contributed by atoms with E-state index in [4.69, 9.17) is 0 Å². The maximum Gasteiger partial charge on any atom is 0.325 e. The second-order valence-electron chi connectivity index (χ2n) is 2.89. The fourth-order valence-corrected chi connectivity index (χ4v) is 1.00. The van der Waals surface area contributed by atoms with E-state index in [0.29, 0.717) is 11.3 Å². The van der Waals surface area contributed by atoms with Crippen LogP contribution >= 0.6 is 0 Å². The van der Waals surface area contributed by atoms with Crippen LogP contribution in [0.15, 0.2) is 18.2 Å². The lowest BCUT2D eigenvalue weighted by atomic mass is 10.2. The highest BCUT2D eigenvalue weighted by atomic mass is 19.1. The summed E-state index contributed by atoms with van der Waals surface area (Å²) in [7, 11) is 1.32. The van der Waals surface area contributed by atoms with Crippen LogP contribution in [0, 0.1) is 12.7 Å². The molecule has 0 heterocycles. The van der Waals surface area contributed by atoms with Gasteiger partial charge in [-0.3, -0.25) is 4.79 Å². The fourth-order valence-electron chi connectivity index (χ4n) is 1.00. The molecule has 0 aromatic heterocycles. The van der Waals surface area contributed by atoms with Gasteiger partial charge in [-0.1, -0.05) is 0 Å². The van der Waals surface area contributed by atoms with Crippen LogP contribution in [-0.4, -0.2) is 19.6 Å². The number of carbonyl (C=O) groups is 1. The van der Waals surface area contributed by atoms with Gasteiger partial charge >= 0.3 is 5.97 Å². The minimum atomic E-state index is -0.355. The lowest BCUT2D eigenvalue weighted by Gasteiger charge is -2.05. The van der Waals surface area contributed by atoms with Gasteiger partial charge in [-0.2, -0.15) is 0 Å². The van der Waals surface area contributed by atoms with Crippen LogP contribution in [0.4, 0.5) is 10.1 Å². The minimum absolute atomic E-state index is 0.0849. The zero-order valence-corrected chi connectivity index (χ0v) is 8.13. The third-order valence-corrected chi connectivity index (χ3v) is 1.82. The summed E-state index contributed by atoms with van der Waals surface area (Å²) in [6.45, 7) is 1.75. The highest BCUT2D eigenvalue weighted by molar-refractivity contribution is 5.74. The number of nitrogens with one attached hydrogen (secondary N) is 1. The van der Waals surface area contributed by atoms with E-state index in [0.717, 1.165) is 0 Å². The van der Waals surface area contributed by atoms with Gasteiger partial charge in [0.05, 0.1) is 7.11 Å². The van der Waals surface area contributed by atoms with Crippen LogP contribution < -0.4 is 5.32 Å². The number of halogens is 1. The number of esters is 1. The third-order valence-electron chi connectivity index (χ3n) is 1.82. The lowest BCUT2D eigenvalue weighted by molar-refractivity contribution is -0.138. The van der Waals surface area contributed by atoms with Crippen molar-refractivity contribution < 1.29 is 13.9 Å². The topological polar surface area (TPSA) is 38.3 Å². The van der Waals surface area contributed by atoms with E-state index in [1.165, 1.54) is 13.2 Å². The molecule has 76 valence electrons. The number of rotatable bonds is 3. The quantitative estimate of drug-likeness (QED) is 0.750. The Hall–Kier alpha value is -1.58. The average Bonchev–Trinajstić information content (AvgIpc) is 2.19. The first-order valence-corrected chi connectivity index (χ1v) is 4.20. The molecule has 4 heteroatoms. The Bertz CT molecular complexity index is 339. The third kappa shape index (κ3) is 2.73. The monoisotopic (exact) mass is 197 g/mol. The first-order valence-electron chi connectivity index (χ1n) is 4.20. The van der Waals surface area contributed by atoms with Crippen molar-refractivity contribution in [2.24, 2.45) is 0 Å². The summed E-state index contributed by atoms with van der Waals surface area (Å²) in [6, 6.07) is 4.57. The molecule has 0 amide bonds. The van der Waals surface area contributed by atoms with Gasteiger partial charge in [0, 0.05) is 5.69 Å². The summed E-state index contributed by atoms with van der Waals surface area (Å²) in [6.07, 6.45) is 0. The molecule has 1 aromatic carbocycles. The fraction of sp³-hybridized carbons (Fsp3) is 0.300. The Morgan fingerprint density at radius 2 is 2.29 bits per heavy atom. The molecule has 0 aliphatic carbocycles. The molecule has 0 spiro atoms. The summed E-state index contributed by atoms with van der Waals surface area (Å²) < 4.78 is 17.3. The Balaban J connectivity index is 2.60. The SMILES string of the molecule is COC(=O)CNc1ccc(F)c(C)c1. The molecule has 0 saturated heterocycles. The van der Waals surface area contributed by atoms with Crippen molar-refractivity contribution in [3.63, 3.8) is 0 Å². The molecule has 0 bridgehead atoms. The van der Waals surface area contributed by atoms with Crippen LogP contribution in [0.5, 0.6) is 0 Å². The number of ether oxygens (including phenoxy) is 1. The van der Waals surface area contributed by atoms with Gasteiger partial charge in [-0.05, 0) is 30.7 Å². The van der Waals surface area contributed by atoms with Crippen molar-refractivity contribution in [3.8, 4) is 0 Å². The van der Waals surface area contributed by atoms with Crippen molar-refractivity contribution in [2.75, 3.05) is 19.0 Å². The van der Waals surface area contributed by atoms with E-state index < -0.39 is 0 Å². The number of hydrogen-bond donors (Lipinski definition) is 1. The van der Waals surface area contributed by atoms with Gasteiger partial charge in [-0.25, -0.2) is 4.39 Å². The van der Waals surface area contributed by atoms with E-state index in [2.05, 4.69) is 10.1 Å². The van der Waals surface area contributed by atoms with Crippen molar-refractivity contribution in [2.45, 2.75) is 6.92 Å². The zero-order chi connectivity index (χ0) is 10.6. The van der Waals surface area contributed by atoms with Gasteiger partial charge in [-0.15, -0.1) is 0 Å². The number of carbonyl (C=O) groups excluding carboxylic acids is 1. The predicted octanol–water partition coefficient (Wildman–Crippen LogP) is 1.72. The summed E-state index contributed by atoms with van der Waals surface area (Å²) in [5, 5.41) is 2.82.